The molecule has 0 aromatic heterocycles. The third-order valence-corrected chi connectivity index (χ3v) is 5.28. The first-order valence-electron chi connectivity index (χ1n) is 9.86. The van der Waals surface area contributed by atoms with Crippen molar-refractivity contribution in [2.45, 2.75) is 44.9 Å². The summed E-state index contributed by atoms with van der Waals surface area (Å²) in [5, 5.41) is 3.46. The lowest BCUT2D eigenvalue weighted by Gasteiger charge is -2.37. The molecule has 3 unspecified atom stereocenters. The van der Waals surface area contributed by atoms with Crippen molar-refractivity contribution < 1.29 is 14.2 Å². The highest BCUT2D eigenvalue weighted by Crippen LogP contribution is 2.21. The van der Waals surface area contributed by atoms with E-state index in [2.05, 4.69) is 29.0 Å². The van der Waals surface area contributed by atoms with Crippen LogP contribution in [-0.4, -0.2) is 99.7 Å². The molecule has 3 heterocycles. The average Bonchev–Trinajstić information content (AvgIpc) is 3.20. The van der Waals surface area contributed by atoms with Crippen LogP contribution in [0.5, 0.6) is 0 Å². The Morgan fingerprint density at radius 2 is 1.88 bits per heavy atom. The lowest BCUT2D eigenvalue weighted by atomic mass is 10.1. The molecule has 0 saturated carbocycles. The quantitative estimate of drug-likeness (QED) is 0.361. The monoisotopic (exact) mass is 482 g/mol. The molecule has 0 aromatic rings. The van der Waals surface area contributed by atoms with E-state index >= 15 is 0 Å². The number of ether oxygens (including phenoxy) is 3. The summed E-state index contributed by atoms with van der Waals surface area (Å²) < 4.78 is 17.2. The number of hydrogen-bond acceptors (Lipinski definition) is 5. The van der Waals surface area contributed by atoms with Gasteiger partial charge in [0.25, 0.3) is 0 Å². The van der Waals surface area contributed by atoms with Crippen molar-refractivity contribution >= 4 is 29.9 Å². The van der Waals surface area contributed by atoms with Crippen LogP contribution in [-0.2, 0) is 14.2 Å². The van der Waals surface area contributed by atoms with Gasteiger partial charge in [-0.2, -0.15) is 0 Å². The smallest absolute Gasteiger partial charge is 0.194 e. The highest BCUT2D eigenvalue weighted by atomic mass is 127. The predicted octanol–water partition coefficient (Wildman–Crippen LogP) is 1.17. The summed E-state index contributed by atoms with van der Waals surface area (Å²) in [7, 11) is 0. The normalized spacial score (nSPS) is 29.3. The van der Waals surface area contributed by atoms with Crippen LogP contribution in [0.1, 0.15) is 26.7 Å². The molecule has 3 saturated heterocycles. The zero-order chi connectivity index (χ0) is 17.5. The van der Waals surface area contributed by atoms with Crippen LogP contribution in [0, 0.1) is 0 Å². The third-order valence-electron chi connectivity index (χ3n) is 5.28. The summed E-state index contributed by atoms with van der Waals surface area (Å²) in [6, 6.07) is 0.438. The van der Waals surface area contributed by atoms with Crippen molar-refractivity contribution in [3.63, 3.8) is 0 Å². The number of hydrogen-bond donors (Lipinski definition) is 1. The molecular weight excluding hydrogens is 447 g/mol. The Morgan fingerprint density at radius 3 is 2.58 bits per heavy atom. The highest BCUT2D eigenvalue weighted by molar-refractivity contribution is 14.0. The van der Waals surface area contributed by atoms with Crippen LogP contribution < -0.4 is 5.32 Å². The summed E-state index contributed by atoms with van der Waals surface area (Å²) in [6.45, 7) is 13.1. The molecule has 3 rings (SSSR count). The van der Waals surface area contributed by atoms with Crippen molar-refractivity contribution in [3.05, 3.63) is 0 Å². The van der Waals surface area contributed by atoms with E-state index in [0.717, 1.165) is 84.5 Å². The van der Waals surface area contributed by atoms with Gasteiger partial charge in [0.15, 0.2) is 5.96 Å². The Morgan fingerprint density at radius 1 is 1.12 bits per heavy atom. The first-order chi connectivity index (χ1) is 12.3. The Labute approximate surface area is 174 Å². The van der Waals surface area contributed by atoms with Gasteiger partial charge in [-0.05, 0) is 26.7 Å². The average molecular weight is 482 g/mol. The van der Waals surface area contributed by atoms with E-state index < -0.39 is 0 Å². The van der Waals surface area contributed by atoms with Crippen LogP contribution in [0.4, 0.5) is 0 Å². The number of nitrogens with one attached hydrogen (secondary N) is 1. The maximum Gasteiger partial charge on any atom is 0.194 e. The number of nitrogens with zero attached hydrogens (tertiary/aromatic N) is 3. The van der Waals surface area contributed by atoms with Crippen molar-refractivity contribution in [1.29, 1.82) is 0 Å². The van der Waals surface area contributed by atoms with Crippen molar-refractivity contribution in [1.82, 2.24) is 15.1 Å². The number of guanidine groups is 1. The summed E-state index contributed by atoms with van der Waals surface area (Å²) in [6.07, 6.45) is 2.67. The van der Waals surface area contributed by atoms with Gasteiger partial charge in [-0.25, -0.2) is 0 Å². The van der Waals surface area contributed by atoms with E-state index in [1.807, 2.05) is 0 Å². The molecule has 152 valence electrons. The Hall–Kier alpha value is -0.160. The third kappa shape index (κ3) is 6.19. The second kappa shape index (κ2) is 11.6. The van der Waals surface area contributed by atoms with Crippen LogP contribution in [0.25, 0.3) is 0 Å². The number of morpholine rings is 2. The predicted molar refractivity (Wildman–Crippen MR) is 114 cm³/mol. The molecule has 3 fully saturated rings. The molecule has 3 aliphatic heterocycles. The van der Waals surface area contributed by atoms with E-state index in [9.17, 15) is 0 Å². The first-order valence-corrected chi connectivity index (χ1v) is 9.86. The molecule has 3 atom stereocenters. The second-order valence-electron chi connectivity index (χ2n) is 7.10. The highest BCUT2D eigenvalue weighted by Gasteiger charge is 2.32. The standard InChI is InChI=1S/C18H34N4O3.HI/c1-3-19-18(20-13-15(2)21-6-10-23-11-7-21)22-8-12-25-17(14-22)16-5-4-9-24-16;/h15-17H,3-14H2,1-2H3,(H,19,20);1H. The molecule has 0 radical (unpaired) electrons. The Kier molecular flexibility index (Phi) is 9.90. The summed E-state index contributed by atoms with van der Waals surface area (Å²) in [5.41, 5.74) is 0. The minimum atomic E-state index is 0. The van der Waals surface area contributed by atoms with E-state index in [4.69, 9.17) is 19.2 Å². The lowest BCUT2D eigenvalue weighted by Crippen LogP contribution is -2.53. The number of halogens is 1. The maximum absolute atomic E-state index is 5.97. The molecule has 8 heteroatoms. The molecule has 1 N–H and O–H groups in total. The van der Waals surface area contributed by atoms with Gasteiger partial charge >= 0.3 is 0 Å². The number of rotatable bonds is 5. The molecule has 0 spiro atoms. The van der Waals surface area contributed by atoms with Crippen LogP contribution >= 0.6 is 24.0 Å². The van der Waals surface area contributed by atoms with Gasteiger partial charge in [-0.15, -0.1) is 24.0 Å². The zero-order valence-corrected chi connectivity index (χ0v) is 18.5. The zero-order valence-electron chi connectivity index (χ0n) is 16.2. The van der Waals surface area contributed by atoms with Gasteiger partial charge in [0, 0.05) is 45.4 Å². The van der Waals surface area contributed by atoms with Crippen molar-refractivity contribution in [2.75, 3.05) is 65.7 Å². The van der Waals surface area contributed by atoms with E-state index in [1.165, 1.54) is 0 Å². The SMILES string of the molecule is CCNC(=NCC(C)N1CCOCC1)N1CCOC(C2CCCO2)C1.I. The first kappa shape index (κ1) is 22.1. The van der Waals surface area contributed by atoms with E-state index in [0.29, 0.717) is 6.04 Å². The fourth-order valence-electron chi connectivity index (χ4n) is 3.77. The minimum absolute atomic E-state index is 0. The van der Waals surface area contributed by atoms with Crippen LogP contribution in [0.15, 0.2) is 4.99 Å². The molecule has 0 bridgehead atoms. The largest absolute Gasteiger partial charge is 0.379 e. The fraction of sp³-hybridized carbons (Fsp3) is 0.944. The molecule has 3 aliphatic rings. The topological polar surface area (TPSA) is 58.6 Å². The minimum Gasteiger partial charge on any atom is -0.379 e. The molecule has 0 amide bonds. The van der Waals surface area contributed by atoms with Gasteiger partial charge in [0.2, 0.25) is 0 Å². The molecule has 26 heavy (non-hydrogen) atoms. The van der Waals surface area contributed by atoms with Gasteiger partial charge < -0.3 is 24.4 Å². The van der Waals surface area contributed by atoms with Crippen molar-refractivity contribution in [3.8, 4) is 0 Å². The van der Waals surface area contributed by atoms with Crippen LogP contribution in [0.2, 0.25) is 0 Å². The fourth-order valence-corrected chi connectivity index (χ4v) is 3.77. The Bertz CT molecular complexity index is 429. The molecular formula is C18H35IN4O3. The molecule has 7 nitrogen and oxygen atoms in total. The Balaban J connectivity index is 0.00000243. The summed E-state index contributed by atoms with van der Waals surface area (Å²) >= 11 is 0. The van der Waals surface area contributed by atoms with E-state index in [1.54, 1.807) is 0 Å². The molecule has 0 aromatic carbocycles. The second-order valence-corrected chi connectivity index (χ2v) is 7.10. The number of aliphatic imine (C=N–C) groups is 1. The summed E-state index contributed by atoms with van der Waals surface area (Å²) in [5.74, 6) is 1.01. The molecule has 0 aliphatic carbocycles. The van der Waals surface area contributed by atoms with Gasteiger partial charge in [0.1, 0.15) is 6.10 Å². The lowest BCUT2D eigenvalue weighted by molar-refractivity contribution is -0.0817. The summed E-state index contributed by atoms with van der Waals surface area (Å²) in [4.78, 5) is 9.73. The van der Waals surface area contributed by atoms with Gasteiger partial charge in [-0.1, -0.05) is 0 Å². The van der Waals surface area contributed by atoms with Gasteiger partial charge in [0.05, 0.1) is 32.5 Å². The van der Waals surface area contributed by atoms with E-state index in [-0.39, 0.29) is 36.2 Å². The maximum atomic E-state index is 5.97. The van der Waals surface area contributed by atoms with Crippen LogP contribution in [0.3, 0.4) is 0 Å². The van der Waals surface area contributed by atoms with Crippen molar-refractivity contribution in [2.24, 2.45) is 4.99 Å². The van der Waals surface area contributed by atoms with Gasteiger partial charge in [-0.3, -0.25) is 9.89 Å².